The molecule has 8 heteroatoms. The van der Waals surface area contributed by atoms with Crippen LogP contribution in [0.25, 0.3) is 0 Å². The molecule has 28 heavy (non-hydrogen) atoms. The highest BCUT2D eigenvalue weighted by molar-refractivity contribution is 7.89. The third kappa shape index (κ3) is 4.51. The minimum absolute atomic E-state index is 0.0158. The third-order valence-corrected chi connectivity index (χ3v) is 7.45. The van der Waals surface area contributed by atoms with E-state index < -0.39 is 10.0 Å². The van der Waals surface area contributed by atoms with Crippen molar-refractivity contribution < 1.29 is 17.9 Å². The number of sulfonamides is 1. The van der Waals surface area contributed by atoms with Crippen molar-refractivity contribution >= 4 is 39.2 Å². The minimum Gasteiger partial charge on any atom is -0.426 e. The molecular weight excluding hydrogens is 421 g/mol. The minimum atomic E-state index is -3.77. The van der Waals surface area contributed by atoms with Crippen LogP contribution < -0.4 is 4.74 Å². The number of aryl methyl sites for hydroxylation is 2. The predicted molar refractivity (Wildman–Crippen MR) is 109 cm³/mol. The normalized spacial score (nSPS) is 16.1. The summed E-state index contributed by atoms with van der Waals surface area (Å²) in [7, 11) is -3.77. The average molecular weight is 442 g/mol. The van der Waals surface area contributed by atoms with Crippen LogP contribution in [0.15, 0.2) is 41.3 Å². The third-order valence-electron chi connectivity index (χ3n) is 4.84. The number of esters is 1. The summed E-state index contributed by atoms with van der Waals surface area (Å²) in [4.78, 5) is 12.5. The Morgan fingerprint density at radius 1 is 1.07 bits per heavy atom. The summed E-state index contributed by atoms with van der Waals surface area (Å²) >= 11 is 12.0. The van der Waals surface area contributed by atoms with Gasteiger partial charge in [-0.15, -0.1) is 0 Å². The van der Waals surface area contributed by atoms with E-state index in [-0.39, 0.29) is 34.9 Å². The first-order valence-electron chi connectivity index (χ1n) is 8.92. The first-order valence-corrected chi connectivity index (χ1v) is 11.1. The van der Waals surface area contributed by atoms with Gasteiger partial charge in [0.1, 0.15) is 10.6 Å². The fourth-order valence-electron chi connectivity index (χ4n) is 3.25. The lowest BCUT2D eigenvalue weighted by Crippen LogP contribution is -2.41. The molecule has 0 spiro atoms. The molecule has 0 unspecified atom stereocenters. The Kier molecular flexibility index (Phi) is 6.34. The van der Waals surface area contributed by atoms with Crippen molar-refractivity contribution in [2.75, 3.05) is 13.1 Å². The zero-order valence-corrected chi connectivity index (χ0v) is 17.9. The Morgan fingerprint density at radius 2 is 1.75 bits per heavy atom. The van der Waals surface area contributed by atoms with E-state index in [1.165, 1.54) is 22.5 Å². The zero-order valence-electron chi connectivity index (χ0n) is 15.6. The van der Waals surface area contributed by atoms with E-state index in [4.69, 9.17) is 27.9 Å². The highest BCUT2D eigenvalue weighted by atomic mass is 35.5. The van der Waals surface area contributed by atoms with Crippen LogP contribution >= 0.6 is 23.2 Å². The molecule has 1 saturated heterocycles. The summed E-state index contributed by atoms with van der Waals surface area (Å²) in [5.41, 5.74) is 1.99. The van der Waals surface area contributed by atoms with Gasteiger partial charge in [0.25, 0.3) is 0 Å². The Bertz CT molecular complexity index is 999. The second-order valence-corrected chi connectivity index (χ2v) is 9.69. The Balaban J connectivity index is 1.66. The highest BCUT2D eigenvalue weighted by Crippen LogP contribution is 2.31. The van der Waals surface area contributed by atoms with E-state index in [9.17, 15) is 13.2 Å². The molecule has 0 amide bonds. The van der Waals surface area contributed by atoms with Gasteiger partial charge in [-0.25, -0.2) is 8.42 Å². The molecule has 0 aromatic heterocycles. The van der Waals surface area contributed by atoms with Crippen LogP contribution in [0.5, 0.6) is 5.75 Å². The predicted octanol–water partition coefficient (Wildman–Crippen LogP) is 4.62. The summed E-state index contributed by atoms with van der Waals surface area (Å²) < 4.78 is 32.6. The molecule has 0 N–H and O–H groups in total. The van der Waals surface area contributed by atoms with E-state index in [1.54, 1.807) is 6.07 Å². The lowest BCUT2D eigenvalue weighted by atomic mass is 9.98. The highest BCUT2D eigenvalue weighted by Gasteiger charge is 2.34. The summed E-state index contributed by atoms with van der Waals surface area (Å²) in [6.45, 7) is 4.30. The van der Waals surface area contributed by atoms with Crippen LogP contribution in [-0.2, 0) is 14.8 Å². The van der Waals surface area contributed by atoms with E-state index in [0.717, 1.165) is 11.1 Å². The summed E-state index contributed by atoms with van der Waals surface area (Å²) in [6.07, 6.45) is 0.780. The van der Waals surface area contributed by atoms with Crippen molar-refractivity contribution in [2.45, 2.75) is 31.6 Å². The SMILES string of the molecule is Cc1ccc(OC(=O)C2CCN(S(=O)(=O)c3cc(Cl)ccc3Cl)CC2)c(C)c1. The molecule has 0 saturated carbocycles. The summed E-state index contributed by atoms with van der Waals surface area (Å²) in [6, 6.07) is 9.97. The molecule has 0 aliphatic carbocycles. The maximum absolute atomic E-state index is 12.9. The van der Waals surface area contributed by atoms with Crippen molar-refractivity contribution in [1.82, 2.24) is 4.31 Å². The fraction of sp³-hybridized carbons (Fsp3) is 0.350. The number of nitrogens with zero attached hydrogens (tertiary/aromatic N) is 1. The van der Waals surface area contributed by atoms with Crippen molar-refractivity contribution in [1.29, 1.82) is 0 Å². The van der Waals surface area contributed by atoms with Gasteiger partial charge in [0.15, 0.2) is 0 Å². The van der Waals surface area contributed by atoms with E-state index in [0.29, 0.717) is 23.6 Å². The van der Waals surface area contributed by atoms with Gasteiger partial charge < -0.3 is 4.74 Å². The molecule has 2 aromatic carbocycles. The van der Waals surface area contributed by atoms with Gasteiger partial charge in [-0.1, -0.05) is 40.9 Å². The zero-order chi connectivity index (χ0) is 20.5. The molecule has 0 radical (unpaired) electrons. The van der Waals surface area contributed by atoms with Crippen LogP contribution in [0.4, 0.5) is 0 Å². The smallest absolute Gasteiger partial charge is 0.314 e. The van der Waals surface area contributed by atoms with Gasteiger partial charge in [-0.05, 0) is 56.5 Å². The fourth-order valence-corrected chi connectivity index (χ4v) is 5.46. The van der Waals surface area contributed by atoms with Crippen molar-refractivity contribution in [2.24, 2.45) is 5.92 Å². The number of piperidine rings is 1. The molecule has 0 bridgehead atoms. The van der Waals surface area contributed by atoms with Crippen LogP contribution in [0.1, 0.15) is 24.0 Å². The van der Waals surface area contributed by atoms with Crippen molar-refractivity contribution in [3.8, 4) is 5.75 Å². The Labute approximate surface area is 175 Å². The molecule has 1 aliphatic heterocycles. The van der Waals surface area contributed by atoms with Crippen molar-refractivity contribution in [3.63, 3.8) is 0 Å². The van der Waals surface area contributed by atoms with Gasteiger partial charge in [-0.3, -0.25) is 4.79 Å². The number of carbonyl (C=O) groups is 1. The van der Waals surface area contributed by atoms with E-state index in [1.807, 2.05) is 26.0 Å². The quantitative estimate of drug-likeness (QED) is 0.512. The van der Waals surface area contributed by atoms with Crippen LogP contribution in [0.2, 0.25) is 10.0 Å². The second-order valence-electron chi connectivity index (χ2n) is 6.94. The molecule has 0 atom stereocenters. The molecule has 1 heterocycles. The van der Waals surface area contributed by atoms with Gasteiger partial charge in [0, 0.05) is 18.1 Å². The Hall–Kier alpha value is -1.60. The number of halogens is 2. The molecule has 2 aromatic rings. The van der Waals surface area contributed by atoms with Crippen molar-refractivity contribution in [3.05, 3.63) is 57.6 Å². The average Bonchev–Trinajstić information content (AvgIpc) is 2.66. The Morgan fingerprint density at radius 3 is 2.39 bits per heavy atom. The number of rotatable bonds is 4. The topological polar surface area (TPSA) is 63.7 Å². The number of hydrogen-bond donors (Lipinski definition) is 0. The van der Waals surface area contributed by atoms with Gasteiger partial charge in [0.05, 0.1) is 10.9 Å². The summed E-state index contributed by atoms with van der Waals surface area (Å²) in [5.74, 6) is -0.136. The number of ether oxygens (including phenoxy) is 1. The van der Waals surface area contributed by atoms with Crippen LogP contribution in [0.3, 0.4) is 0 Å². The lowest BCUT2D eigenvalue weighted by Gasteiger charge is -2.30. The first-order chi connectivity index (χ1) is 13.2. The summed E-state index contributed by atoms with van der Waals surface area (Å²) in [5, 5.41) is 0.427. The number of benzene rings is 2. The molecule has 150 valence electrons. The molecule has 5 nitrogen and oxygen atoms in total. The maximum atomic E-state index is 12.9. The van der Waals surface area contributed by atoms with Crippen LogP contribution in [0, 0.1) is 19.8 Å². The van der Waals surface area contributed by atoms with Gasteiger partial charge in [0.2, 0.25) is 10.0 Å². The largest absolute Gasteiger partial charge is 0.426 e. The van der Waals surface area contributed by atoms with E-state index in [2.05, 4.69) is 0 Å². The van der Waals surface area contributed by atoms with Crippen LogP contribution in [-0.4, -0.2) is 31.8 Å². The molecule has 3 rings (SSSR count). The molecule has 1 fully saturated rings. The first kappa shape index (κ1) is 21.1. The number of carbonyl (C=O) groups excluding carboxylic acids is 1. The standard InChI is InChI=1S/C20H21Cl2NO4S/c1-13-3-6-18(14(2)11-13)27-20(24)15-7-9-23(10-8-15)28(25,26)19-12-16(21)4-5-17(19)22/h3-6,11-12,15H,7-10H2,1-2H3. The monoisotopic (exact) mass is 441 g/mol. The van der Waals surface area contributed by atoms with E-state index >= 15 is 0 Å². The molecular formula is C20H21Cl2NO4S. The van der Waals surface area contributed by atoms with Gasteiger partial charge >= 0.3 is 5.97 Å². The lowest BCUT2D eigenvalue weighted by molar-refractivity contribution is -0.140. The van der Waals surface area contributed by atoms with Gasteiger partial charge in [-0.2, -0.15) is 4.31 Å². The maximum Gasteiger partial charge on any atom is 0.314 e. The second kappa shape index (κ2) is 8.41. The molecule has 1 aliphatic rings. The number of hydrogen-bond acceptors (Lipinski definition) is 4.